The van der Waals surface area contributed by atoms with Gasteiger partial charge in [-0.2, -0.15) is 0 Å². The van der Waals surface area contributed by atoms with Crippen LogP contribution in [0.5, 0.6) is 11.5 Å². The highest BCUT2D eigenvalue weighted by molar-refractivity contribution is 6.10. The van der Waals surface area contributed by atoms with Crippen LogP contribution in [0.2, 0.25) is 0 Å². The zero-order valence-corrected chi connectivity index (χ0v) is 31.9. The van der Waals surface area contributed by atoms with Crippen molar-refractivity contribution >= 4 is 17.5 Å². The molecule has 3 aromatic carbocycles. The van der Waals surface area contributed by atoms with Crippen molar-refractivity contribution in [2.75, 3.05) is 19.0 Å². The van der Waals surface area contributed by atoms with Crippen LogP contribution in [-0.2, 0) is 6.54 Å². The minimum absolute atomic E-state index is 0.00553. The molecule has 8 atom stereocenters. The van der Waals surface area contributed by atoms with Crippen molar-refractivity contribution in [3.63, 3.8) is 0 Å². The lowest BCUT2D eigenvalue weighted by Gasteiger charge is -2.71. The average Bonchev–Trinajstić information content (AvgIpc) is 3.44. The molecule has 56 heavy (non-hydrogen) atoms. The minimum atomic E-state index is -4.84. The molecule has 2 amide bonds. The van der Waals surface area contributed by atoms with Crippen molar-refractivity contribution in [1.29, 1.82) is 0 Å². The van der Waals surface area contributed by atoms with Crippen LogP contribution in [0.4, 0.5) is 23.7 Å². The van der Waals surface area contributed by atoms with Crippen molar-refractivity contribution < 1.29 is 42.4 Å². The van der Waals surface area contributed by atoms with E-state index in [9.17, 15) is 33.0 Å². The van der Waals surface area contributed by atoms with E-state index in [4.69, 9.17) is 4.74 Å². The van der Waals surface area contributed by atoms with Gasteiger partial charge >= 0.3 is 12.4 Å². The van der Waals surface area contributed by atoms with E-state index in [1.54, 1.807) is 31.4 Å². The van der Waals surface area contributed by atoms with Gasteiger partial charge < -0.3 is 29.9 Å². The van der Waals surface area contributed by atoms with Gasteiger partial charge in [0, 0.05) is 39.6 Å². The van der Waals surface area contributed by atoms with Crippen molar-refractivity contribution in [3.05, 3.63) is 114 Å². The van der Waals surface area contributed by atoms with Gasteiger partial charge in [-0.1, -0.05) is 74.5 Å². The molecule has 0 saturated heterocycles. The van der Waals surface area contributed by atoms with Gasteiger partial charge in [0.2, 0.25) is 0 Å². The molecule has 0 radical (unpaired) electrons. The van der Waals surface area contributed by atoms with E-state index in [0.717, 1.165) is 18.4 Å². The first-order chi connectivity index (χ1) is 26.5. The largest absolute Gasteiger partial charge is 0.573 e. The molecule has 6 aliphatic carbocycles. The molecule has 3 fully saturated rings. The van der Waals surface area contributed by atoms with Crippen LogP contribution in [0.1, 0.15) is 74.7 Å². The molecule has 8 nitrogen and oxygen atoms in total. The number of carbonyl (C=O) groups excluding carboxylic acids is 2. The summed E-state index contributed by atoms with van der Waals surface area (Å²) in [6.07, 6.45) is 5.93. The third kappa shape index (κ3) is 6.04. The van der Waals surface area contributed by atoms with E-state index >= 15 is 0 Å². The second kappa shape index (κ2) is 13.5. The summed E-state index contributed by atoms with van der Waals surface area (Å²) in [5.41, 5.74) is -1.02. The zero-order valence-electron chi connectivity index (χ0n) is 31.9. The number of urea groups is 1. The van der Waals surface area contributed by atoms with Crippen LogP contribution in [0.25, 0.3) is 0 Å². The number of nitrogens with zero attached hydrogens (tertiary/aromatic N) is 1. The van der Waals surface area contributed by atoms with E-state index in [0.29, 0.717) is 54.7 Å². The standard InChI is InChI=1S/C45H49F3N2O6/c1-40-20-17-32(51)25-42(40)23-24-44(35(26-42)38(52)30-7-5-4-6-8-30)36(40)18-21-41(2)37(44)19-22-43(41,54)28-50(39(53)49-31-11-15-33(55-3)16-12-31)27-29-9-13-34(14-10-29)56-45(46,47)48/h4-16,23-24,26,32,36-37,51,54H,17-22,25,27-28H2,1-3H3,(H,49,53)/t32?,36-,37-,40-,41+,42+,43-,44-/m1/s1. The summed E-state index contributed by atoms with van der Waals surface area (Å²) in [5.74, 6) is 0.182. The van der Waals surface area contributed by atoms with Crippen LogP contribution in [-0.4, -0.2) is 58.6 Å². The van der Waals surface area contributed by atoms with E-state index in [2.05, 4.69) is 42.1 Å². The first kappa shape index (κ1) is 38.3. The summed E-state index contributed by atoms with van der Waals surface area (Å²) in [7, 11) is 1.55. The number of methoxy groups -OCH3 is 1. The Morgan fingerprint density at radius 2 is 1.50 bits per heavy atom. The van der Waals surface area contributed by atoms with Gasteiger partial charge in [-0.05, 0) is 104 Å². The average molecular weight is 771 g/mol. The Kier molecular flexibility index (Phi) is 9.23. The normalized spacial score (nSPS) is 34.1. The summed E-state index contributed by atoms with van der Waals surface area (Å²) in [4.78, 5) is 30.5. The summed E-state index contributed by atoms with van der Waals surface area (Å²) >= 11 is 0. The van der Waals surface area contributed by atoms with E-state index in [1.807, 2.05) is 30.3 Å². The maximum atomic E-state index is 14.8. The Bertz CT molecular complexity index is 2050. The van der Waals surface area contributed by atoms with Gasteiger partial charge in [0.1, 0.15) is 11.5 Å². The van der Waals surface area contributed by atoms with Crippen LogP contribution in [0.15, 0.2) is 103 Å². The van der Waals surface area contributed by atoms with Crippen molar-refractivity contribution in [1.82, 2.24) is 4.90 Å². The molecule has 2 bridgehead atoms. The Labute approximate surface area is 325 Å². The van der Waals surface area contributed by atoms with E-state index in [1.165, 1.54) is 29.2 Å². The summed E-state index contributed by atoms with van der Waals surface area (Å²) in [6.45, 7) is 4.40. The van der Waals surface area contributed by atoms with Gasteiger partial charge in [0.25, 0.3) is 0 Å². The molecular weight excluding hydrogens is 721 g/mol. The molecule has 3 N–H and O–H groups in total. The number of amides is 2. The fourth-order valence-electron chi connectivity index (χ4n) is 11.8. The SMILES string of the molecule is COc1ccc(NC(=O)N(Cc2ccc(OC(F)(F)F)cc2)C[C@]2(O)CC[C@H]3[C@]45C=C[C@@]6(C=C4C(=O)c4ccccc4)CC(O)CC[C@]6(C)[C@H]5CC[C@@]32C)cc1. The molecule has 1 unspecified atom stereocenters. The van der Waals surface area contributed by atoms with Crippen molar-refractivity contribution in [2.24, 2.45) is 33.5 Å². The van der Waals surface area contributed by atoms with Gasteiger partial charge in [-0.15, -0.1) is 13.2 Å². The first-order valence-electron chi connectivity index (χ1n) is 19.5. The highest BCUT2D eigenvalue weighted by Gasteiger charge is 2.74. The lowest BCUT2D eigenvalue weighted by atomic mass is 9.32. The Morgan fingerprint density at radius 1 is 0.857 bits per heavy atom. The topological polar surface area (TPSA) is 108 Å². The molecule has 11 heteroatoms. The minimum Gasteiger partial charge on any atom is -0.497 e. The maximum absolute atomic E-state index is 14.8. The number of anilines is 1. The Balaban J connectivity index is 1.16. The molecule has 2 spiro atoms. The number of fused-ring (bicyclic) bond motifs is 1. The molecule has 0 aliphatic heterocycles. The predicted molar refractivity (Wildman–Crippen MR) is 205 cm³/mol. The number of rotatable bonds is 9. The fourth-order valence-corrected chi connectivity index (χ4v) is 11.8. The highest BCUT2D eigenvalue weighted by Crippen LogP contribution is 2.78. The van der Waals surface area contributed by atoms with Crippen molar-refractivity contribution in [2.45, 2.75) is 83.4 Å². The van der Waals surface area contributed by atoms with Gasteiger partial charge in [0.05, 0.1) is 25.4 Å². The number of Topliss-reactive ketones (excluding diaryl/α,β-unsaturated/α-hetero) is 1. The monoisotopic (exact) mass is 770 g/mol. The van der Waals surface area contributed by atoms with Crippen molar-refractivity contribution in [3.8, 4) is 11.5 Å². The molecule has 296 valence electrons. The summed E-state index contributed by atoms with van der Waals surface area (Å²) < 4.78 is 48.1. The quantitative estimate of drug-likeness (QED) is 0.148. The van der Waals surface area contributed by atoms with Crippen LogP contribution in [0, 0.1) is 33.5 Å². The Hall–Kier alpha value is -4.61. The molecule has 9 rings (SSSR count). The number of hydrogen-bond donors (Lipinski definition) is 3. The molecule has 3 saturated carbocycles. The second-order valence-electron chi connectivity index (χ2n) is 17.2. The van der Waals surface area contributed by atoms with E-state index < -0.39 is 40.3 Å². The van der Waals surface area contributed by atoms with Gasteiger partial charge in [0.15, 0.2) is 5.78 Å². The second-order valence-corrected chi connectivity index (χ2v) is 17.2. The molecule has 3 aromatic rings. The lowest BCUT2D eigenvalue weighted by Crippen LogP contribution is -2.67. The number of aliphatic hydroxyl groups is 2. The molecule has 0 aromatic heterocycles. The number of ether oxygens (including phenoxy) is 2. The third-order valence-electron chi connectivity index (χ3n) is 14.6. The number of aliphatic hydroxyl groups excluding tert-OH is 1. The first-order valence-corrected chi connectivity index (χ1v) is 19.5. The smallest absolute Gasteiger partial charge is 0.497 e. The van der Waals surface area contributed by atoms with Crippen LogP contribution in [0.3, 0.4) is 0 Å². The number of benzene rings is 3. The zero-order chi connectivity index (χ0) is 39.7. The van der Waals surface area contributed by atoms with E-state index in [-0.39, 0.29) is 41.9 Å². The van der Waals surface area contributed by atoms with Gasteiger partial charge in [-0.3, -0.25) is 4.79 Å². The number of carbonyl (C=O) groups is 2. The highest BCUT2D eigenvalue weighted by atomic mass is 19.4. The summed E-state index contributed by atoms with van der Waals surface area (Å²) in [5, 5.41) is 27.0. The number of alkyl halides is 3. The molecule has 6 aliphatic rings. The molecule has 0 heterocycles. The fraction of sp³-hybridized carbons (Fsp3) is 0.467. The number of halogens is 3. The number of hydrogen-bond acceptors (Lipinski definition) is 6. The van der Waals surface area contributed by atoms with Gasteiger partial charge in [-0.25, -0.2) is 4.79 Å². The predicted octanol–water partition coefficient (Wildman–Crippen LogP) is 9.10. The third-order valence-corrected chi connectivity index (χ3v) is 14.6. The maximum Gasteiger partial charge on any atom is 0.573 e. The number of nitrogens with one attached hydrogen (secondary N) is 1. The lowest BCUT2D eigenvalue weighted by molar-refractivity contribution is -0.274. The van der Waals surface area contributed by atoms with Crippen LogP contribution >= 0.6 is 0 Å². The summed E-state index contributed by atoms with van der Waals surface area (Å²) in [6, 6.07) is 21.1. The number of ketones is 1. The number of allylic oxidation sites excluding steroid dienone is 4. The Morgan fingerprint density at radius 3 is 2.18 bits per heavy atom. The van der Waals surface area contributed by atoms with Crippen LogP contribution < -0.4 is 14.8 Å². The molecular formula is C45H49F3N2O6.